The lowest BCUT2D eigenvalue weighted by Crippen LogP contribution is -2.34. The maximum Gasteiger partial charge on any atom is 0.289 e. The molecule has 0 aromatic carbocycles. The van der Waals surface area contributed by atoms with Crippen molar-refractivity contribution in [3.05, 3.63) is 30.6 Å². The van der Waals surface area contributed by atoms with Gasteiger partial charge in [-0.25, -0.2) is 15.0 Å². The average molecular weight is 287 g/mol. The maximum atomic E-state index is 12.2. The number of aliphatic hydroxyl groups excluding tert-OH is 1. The molecular formula is C14H17N5O2. The molecule has 2 atom stereocenters. The summed E-state index contributed by atoms with van der Waals surface area (Å²) in [5.41, 5.74) is 1.48. The molecule has 0 radical (unpaired) electrons. The third kappa shape index (κ3) is 2.92. The molecule has 1 saturated carbocycles. The van der Waals surface area contributed by atoms with Crippen LogP contribution in [-0.2, 0) is 7.05 Å². The molecule has 7 nitrogen and oxygen atoms in total. The normalized spacial score (nSPS) is 21.4. The average Bonchev–Trinajstić information content (AvgIpc) is 3.07. The highest BCUT2D eigenvalue weighted by atomic mass is 16.3. The summed E-state index contributed by atoms with van der Waals surface area (Å²) in [6, 6.07) is 1.74. The molecule has 1 aliphatic carbocycles. The number of hydrogen-bond donors (Lipinski definition) is 2. The van der Waals surface area contributed by atoms with E-state index >= 15 is 0 Å². The Kier molecular flexibility index (Phi) is 3.66. The van der Waals surface area contributed by atoms with E-state index in [2.05, 4.69) is 20.3 Å². The van der Waals surface area contributed by atoms with E-state index in [0.29, 0.717) is 12.1 Å². The van der Waals surface area contributed by atoms with Gasteiger partial charge in [-0.15, -0.1) is 0 Å². The van der Waals surface area contributed by atoms with Crippen molar-refractivity contribution in [2.24, 2.45) is 7.05 Å². The van der Waals surface area contributed by atoms with Gasteiger partial charge in [0.2, 0.25) is 5.82 Å². The summed E-state index contributed by atoms with van der Waals surface area (Å²) in [6.07, 6.45) is 6.71. The summed E-state index contributed by atoms with van der Waals surface area (Å²) in [5, 5.41) is 12.4. The topological polar surface area (TPSA) is 92.9 Å². The summed E-state index contributed by atoms with van der Waals surface area (Å²) in [6.45, 7) is 0. The van der Waals surface area contributed by atoms with Gasteiger partial charge in [0.05, 0.1) is 30.0 Å². The minimum Gasteiger partial charge on any atom is -0.393 e. The molecule has 0 unspecified atom stereocenters. The van der Waals surface area contributed by atoms with Crippen molar-refractivity contribution in [2.45, 2.75) is 31.4 Å². The van der Waals surface area contributed by atoms with Gasteiger partial charge >= 0.3 is 0 Å². The van der Waals surface area contributed by atoms with Crippen LogP contribution >= 0.6 is 0 Å². The first-order chi connectivity index (χ1) is 10.1. The van der Waals surface area contributed by atoms with Gasteiger partial charge in [0, 0.05) is 19.3 Å². The fourth-order valence-electron chi connectivity index (χ4n) is 2.55. The number of hydrogen-bond acceptors (Lipinski definition) is 5. The fraction of sp³-hybridized carbons (Fsp3) is 0.429. The van der Waals surface area contributed by atoms with Gasteiger partial charge in [-0.1, -0.05) is 0 Å². The molecule has 0 spiro atoms. The molecule has 1 aliphatic rings. The third-order valence-electron chi connectivity index (χ3n) is 3.68. The number of aliphatic hydroxyl groups is 1. The smallest absolute Gasteiger partial charge is 0.289 e. The van der Waals surface area contributed by atoms with Crippen molar-refractivity contribution in [2.75, 3.05) is 0 Å². The Hall–Kier alpha value is -2.28. The Labute approximate surface area is 122 Å². The second-order valence-electron chi connectivity index (χ2n) is 5.29. The van der Waals surface area contributed by atoms with Gasteiger partial charge in [-0.05, 0) is 25.3 Å². The number of aromatic nitrogens is 4. The quantitative estimate of drug-likeness (QED) is 0.858. The molecule has 7 heteroatoms. The zero-order valence-electron chi connectivity index (χ0n) is 11.7. The molecule has 0 aliphatic heterocycles. The van der Waals surface area contributed by atoms with Gasteiger partial charge in [-0.3, -0.25) is 4.79 Å². The first-order valence-corrected chi connectivity index (χ1v) is 6.92. The van der Waals surface area contributed by atoms with E-state index in [4.69, 9.17) is 0 Å². The van der Waals surface area contributed by atoms with E-state index in [1.165, 1.54) is 0 Å². The maximum absolute atomic E-state index is 12.2. The summed E-state index contributed by atoms with van der Waals surface area (Å²) in [4.78, 5) is 24.5. The van der Waals surface area contributed by atoms with E-state index < -0.39 is 0 Å². The van der Waals surface area contributed by atoms with E-state index in [0.717, 1.165) is 18.5 Å². The first-order valence-electron chi connectivity index (χ1n) is 6.92. The standard InChI is InChI=1S/C14H17N5O2/c1-19-8-15-7-12(19)11-4-5-16-13(18-11)14(21)17-9-2-3-10(20)6-9/h4-5,7-10,20H,2-3,6H2,1H3,(H,17,21)/t9-,10-/m1/s1. The molecule has 1 fully saturated rings. The van der Waals surface area contributed by atoms with Crippen LogP contribution in [0.3, 0.4) is 0 Å². The molecule has 2 aromatic rings. The van der Waals surface area contributed by atoms with Crippen LogP contribution in [0.25, 0.3) is 11.4 Å². The first kappa shape index (κ1) is 13.7. The molecule has 1 amide bonds. The lowest BCUT2D eigenvalue weighted by Gasteiger charge is -2.11. The van der Waals surface area contributed by atoms with Crippen molar-refractivity contribution in [1.29, 1.82) is 0 Å². The second kappa shape index (κ2) is 5.61. The number of nitrogens with one attached hydrogen (secondary N) is 1. The lowest BCUT2D eigenvalue weighted by atomic mass is 10.2. The van der Waals surface area contributed by atoms with Crippen LogP contribution in [0.15, 0.2) is 24.8 Å². The van der Waals surface area contributed by atoms with Gasteiger partial charge < -0.3 is 15.0 Å². The van der Waals surface area contributed by atoms with Crippen molar-refractivity contribution in [3.8, 4) is 11.4 Å². The van der Waals surface area contributed by atoms with E-state index in [1.807, 2.05) is 11.6 Å². The summed E-state index contributed by atoms with van der Waals surface area (Å²) < 4.78 is 1.83. The predicted molar refractivity (Wildman–Crippen MR) is 75.3 cm³/mol. The number of amides is 1. The molecule has 2 N–H and O–H groups in total. The van der Waals surface area contributed by atoms with Crippen molar-refractivity contribution >= 4 is 5.91 Å². The van der Waals surface area contributed by atoms with Gasteiger partial charge in [0.15, 0.2) is 0 Å². The van der Waals surface area contributed by atoms with Gasteiger partial charge in [0.1, 0.15) is 0 Å². The van der Waals surface area contributed by atoms with Crippen molar-refractivity contribution < 1.29 is 9.90 Å². The summed E-state index contributed by atoms with van der Waals surface area (Å²) in [5.74, 6) is -0.173. The Bertz CT molecular complexity index is 654. The molecule has 21 heavy (non-hydrogen) atoms. The van der Waals surface area contributed by atoms with E-state index in [1.54, 1.807) is 24.8 Å². The number of rotatable bonds is 3. The Balaban J connectivity index is 1.77. The largest absolute Gasteiger partial charge is 0.393 e. The number of carbonyl (C=O) groups is 1. The number of carbonyl (C=O) groups excluding carboxylic acids is 1. The predicted octanol–water partition coefficient (Wildman–Crippen LogP) is 0.520. The van der Waals surface area contributed by atoms with E-state index in [9.17, 15) is 9.90 Å². The zero-order valence-corrected chi connectivity index (χ0v) is 11.7. The van der Waals surface area contributed by atoms with Gasteiger partial charge in [-0.2, -0.15) is 0 Å². The van der Waals surface area contributed by atoms with Crippen LogP contribution in [0, 0.1) is 0 Å². The number of nitrogens with zero attached hydrogens (tertiary/aromatic N) is 4. The zero-order chi connectivity index (χ0) is 14.8. The molecule has 110 valence electrons. The minimum atomic E-state index is -0.322. The van der Waals surface area contributed by atoms with Crippen LogP contribution in [-0.4, -0.2) is 42.7 Å². The molecular weight excluding hydrogens is 270 g/mol. The highest BCUT2D eigenvalue weighted by molar-refractivity contribution is 5.91. The Morgan fingerprint density at radius 1 is 1.48 bits per heavy atom. The molecule has 0 saturated heterocycles. The SMILES string of the molecule is Cn1cncc1-c1ccnc(C(=O)N[C@@H]2CC[C@@H](O)C2)n1. The second-order valence-corrected chi connectivity index (χ2v) is 5.29. The summed E-state index contributed by atoms with van der Waals surface area (Å²) >= 11 is 0. The van der Waals surface area contributed by atoms with Crippen molar-refractivity contribution in [3.63, 3.8) is 0 Å². The Morgan fingerprint density at radius 3 is 3.00 bits per heavy atom. The van der Waals surface area contributed by atoms with Crippen LogP contribution in [0.1, 0.15) is 29.9 Å². The molecule has 2 aromatic heterocycles. The lowest BCUT2D eigenvalue weighted by molar-refractivity contribution is 0.0923. The Morgan fingerprint density at radius 2 is 2.33 bits per heavy atom. The highest BCUT2D eigenvalue weighted by Crippen LogP contribution is 2.19. The van der Waals surface area contributed by atoms with Crippen LogP contribution in [0.4, 0.5) is 0 Å². The number of aryl methyl sites for hydroxylation is 1. The third-order valence-corrected chi connectivity index (χ3v) is 3.68. The van der Waals surface area contributed by atoms with Gasteiger partial charge in [0.25, 0.3) is 5.91 Å². The minimum absolute atomic E-state index is 0.00328. The van der Waals surface area contributed by atoms with Crippen LogP contribution in [0.2, 0.25) is 0 Å². The van der Waals surface area contributed by atoms with Crippen LogP contribution in [0.5, 0.6) is 0 Å². The molecule has 3 rings (SSSR count). The molecule has 0 bridgehead atoms. The fourth-order valence-corrected chi connectivity index (χ4v) is 2.55. The highest BCUT2D eigenvalue weighted by Gasteiger charge is 2.25. The van der Waals surface area contributed by atoms with E-state index in [-0.39, 0.29) is 23.9 Å². The molecule has 2 heterocycles. The monoisotopic (exact) mass is 287 g/mol. The number of imidazole rings is 1. The summed E-state index contributed by atoms with van der Waals surface area (Å²) in [7, 11) is 1.87. The van der Waals surface area contributed by atoms with Crippen molar-refractivity contribution in [1.82, 2.24) is 24.8 Å². The van der Waals surface area contributed by atoms with Crippen LogP contribution < -0.4 is 5.32 Å².